The largest absolute Gasteiger partial charge is 0.446 e. The van der Waals surface area contributed by atoms with Crippen molar-refractivity contribution >= 4 is 40.1 Å². The van der Waals surface area contributed by atoms with Crippen molar-refractivity contribution in [3.05, 3.63) is 47.3 Å². The van der Waals surface area contributed by atoms with Gasteiger partial charge in [-0.1, -0.05) is 37.1 Å². The normalized spacial score (nSPS) is 28.1. The Balaban J connectivity index is 1.23. The fraction of sp³-hybridized carbons (Fsp3) is 0.629. The molecule has 3 heterocycles. The van der Waals surface area contributed by atoms with Gasteiger partial charge >= 0.3 is 28.6 Å². The molecule has 20 heteroatoms. The molecule has 0 radical (unpaired) electrons. The summed E-state index contributed by atoms with van der Waals surface area (Å²) in [5, 5.41) is 5.21. The van der Waals surface area contributed by atoms with Crippen LogP contribution in [-0.4, -0.2) is 97.2 Å². The summed E-state index contributed by atoms with van der Waals surface area (Å²) in [6.45, 7) is -2.25. The fourth-order valence-electron chi connectivity index (χ4n) is 7.65. The monoisotopic (exact) mass is 800 g/mol. The first-order valence-corrected chi connectivity index (χ1v) is 19.9. The summed E-state index contributed by atoms with van der Waals surface area (Å²) in [7, 11) is -5.01. The molecular formula is C35H44F4N6O9S. The van der Waals surface area contributed by atoms with Gasteiger partial charge in [-0.3, -0.25) is 19.3 Å². The lowest BCUT2D eigenvalue weighted by molar-refractivity contribution is -0.141. The molecule has 5 aliphatic rings. The van der Waals surface area contributed by atoms with E-state index in [4.69, 9.17) is 9.47 Å². The molecule has 15 nitrogen and oxygen atoms in total. The van der Waals surface area contributed by atoms with Gasteiger partial charge in [-0.2, -0.15) is 26.3 Å². The van der Waals surface area contributed by atoms with Gasteiger partial charge in [0, 0.05) is 24.4 Å². The van der Waals surface area contributed by atoms with Gasteiger partial charge in [0.1, 0.15) is 42.2 Å². The van der Waals surface area contributed by atoms with Crippen molar-refractivity contribution in [3.8, 4) is 0 Å². The topological polar surface area (TPSA) is 193 Å². The third-order valence-corrected chi connectivity index (χ3v) is 11.6. The number of benzene rings is 1. The van der Waals surface area contributed by atoms with Crippen LogP contribution in [0.2, 0.25) is 0 Å². The number of amides is 5. The van der Waals surface area contributed by atoms with Crippen molar-refractivity contribution < 1.29 is 59.4 Å². The Morgan fingerprint density at radius 2 is 1.73 bits per heavy atom. The van der Waals surface area contributed by atoms with Crippen LogP contribution in [0.1, 0.15) is 81.8 Å². The van der Waals surface area contributed by atoms with Crippen molar-refractivity contribution in [2.24, 2.45) is 5.92 Å². The van der Waals surface area contributed by atoms with Gasteiger partial charge in [-0.15, -0.1) is 0 Å². The van der Waals surface area contributed by atoms with E-state index in [1.54, 1.807) is 22.9 Å². The highest BCUT2D eigenvalue weighted by molar-refractivity contribution is 7.88. The summed E-state index contributed by atoms with van der Waals surface area (Å²) in [4.78, 5) is 70.7. The van der Waals surface area contributed by atoms with Crippen LogP contribution >= 0.6 is 0 Å². The summed E-state index contributed by atoms with van der Waals surface area (Å²) >= 11 is 0. The maximum atomic E-state index is 14.4. The fourth-order valence-corrected chi connectivity index (χ4v) is 8.50. The van der Waals surface area contributed by atoms with Crippen LogP contribution in [0, 0.1) is 11.7 Å². The summed E-state index contributed by atoms with van der Waals surface area (Å²) in [6.07, 6.45) is 0.762. The predicted octanol–water partition coefficient (Wildman–Crippen LogP) is 3.19. The van der Waals surface area contributed by atoms with Gasteiger partial charge in [-0.05, 0) is 63.0 Å². The Labute approximate surface area is 315 Å². The van der Waals surface area contributed by atoms with E-state index in [1.165, 1.54) is 21.8 Å². The molecule has 1 aromatic rings. The SMILES string of the molecule is O=C(N[C@H]1CCCCC/C=C\[C@@H]2C[C@@]2(C(=O)NS(=O)(=O)NCC(F)(F)F)NC(=O)[C@@H]2C[C@@H](OC(=O)N3Cc4cccc(F)c4C3)CN2C1=O)OC1CCCC1. The number of fused-ring (bicyclic) bond motifs is 3. The first kappa shape index (κ1) is 40.2. The van der Waals surface area contributed by atoms with E-state index in [-0.39, 0.29) is 45.0 Å². The summed E-state index contributed by atoms with van der Waals surface area (Å²) in [6, 6.07) is 1.93. The molecule has 5 atom stereocenters. The van der Waals surface area contributed by atoms with Crippen LogP contribution in [-0.2, 0) is 47.2 Å². The van der Waals surface area contributed by atoms with E-state index in [2.05, 4.69) is 10.6 Å². The second-order valence-corrected chi connectivity index (χ2v) is 16.2. The molecule has 1 saturated heterocycles. The highest BCUT2D eigenvalue weighted by atomic mass is 32.2. The molecule has 6 rings (SSSR count). The summed E-state index contributed by atoms with van der Waals surface area (Å²) in [5.41, 5.74) is -0.979. The molecule has 0 unspecified atom stereocenters. The predicted molar refractivity (Wildman–Crippen MR) is 184 cm³/mol. The van der Waals surface area contributed by atoms with Crippen LogP contribution in [0.15, 0.2) is 30.4 Å². The quantitative estimate of drug-likeness (QED) is 0.237. The minimum absolute atomic E-state index is 0.0631. The minimum Gasteiger partial charge on any atom is -0.446 e. The maximum absolute atomic E-state index is 14.4. The first-order valence-electron chi connectivity index (χ1n) is 18.4. The van der Waals surface area contributed by atoms with Crippen molar-refractivity contribution in [3.63, 3.8) is 0 Å². The van der Waals surface area contributed by atoms with Crippen LogP contribution in [0.3, 0.4) is 0 Å². The second-order valence-electron chi connectivity index (χ2n) is 14.7. The Kier molecular flexibility index (Phi) is 11.9. The van der Waals surface area contributed by atoms with E-state index in [0.717, 1.165) is 17.7 Å². The number of carbonyl (C=O) groups excluding carboxylic acids is 5. The van der Waals surface area contributed by atoms with E-state index < -0.39 is 88.3 Å². The number of ether oxygens (including phenoxy) is 2. The molecule has 2 saturated carbocycles. The van der Waals surface area contributed by atoms with Crippen molar-refractivity contribution in [2.75, 3.05) is 13.1 Å². The number of allylic oxidation sites excluding steroid dienone is 1. The number of hydrogen-bond acceptors (Lipinski definition) is 9. The molecule has 2 aliphatic carbocycles. The van der Waals surface area contributed by atoms with Crippen LogP contribution < -0.4 is 20.1 Å². The molecule has 5 amide bonds. The number of rotatable bonds is 7. The molecule has 0 spiro atoms. The molecule has 0 bridgehead atoms. The van der Waals surface area contributed by atoms with Crippen LogP contribution in [0.25, 0.3) is 0 Å². The average Bonchev–Trinajstić information content (AvgIpc) is 3.53. The molecule has 302 valence electrons. The zero-order valence-electron chi connectivity index (χ0n) is 29.9. The average molecular weight is 801 g/mol. The first-order chi connectivity index (χ1) is 26.0. The number of carbonyl (C=O) groups is 5. The van der Waals surface area contributed by atoms with Crippen molar-refractivity contribution in [1.82, 2.24) is 29.9 Å². The minimum atomic E-state index is -5.01. The zero-order chi connectivity index (χ0) is 39.5. The third kappa shape index (κ3) is 9.86. The Morgan fingerprint density at radius 1 is 0.982 bits per heavy atom. The van der Waals surface area contributed by atoms with E-state index in [0.29, 0.717) is 49.7 Å². The summed E-state index contributed by atoms with van der Waals surface area (Å²) < 4.78 is 91.7. The Bertz CT molecular complexity index is 1810. The van der Waals surface area contributed by atoms with Crippen LogP contribution in [0.4, 0.5) is 27.2 Å². The Morgan fingerprint density at radius 3 is 2.45 bits per heavy atom. The van der Waals surface area contributed by atoms with Crippen molar-refractivity contribution in [1.29, 1.82) is 0 Å². The molecule has 4 N–H and O–H groups in total. The van der Waals surface area contributed by atoms with E-state index >= 15 is 0 Å². The third-order valence-electron chi connectivity index (χ3n) is 10.7. The number of halogens is 4. The lowest BCUT2D eigenvalue weighted by Gasteiger charge is -2.30. The highest BCUT2D eigenvalue weighted by Crippen LogP contribution is 2.46. The van der Waals surface area contributed by atoms with Crippen LogP contribution in [0.5, 0.6) is 0 Å². The number of hydrogen-bond donors (Lipinski definition) is 4. The van der Waals surface area contributed by atoms with Gasteiger partial charge in [0.25, 0.3) is 5.91 Å². The Hall–Kier alpha value is -4.46. The molecule has 0 aromatic heterocycles. The molecule has 55 heavy (non-hydrogen) atoms. The highest BCUT2D eigenvalue weighted by Gasteiger charge is 2.62. The lowest BCUT2D eigenvalue weighted by Crippen LogP contribution is -2.59. The van der Waals surface area contributed by atoms with Gasteiger partial charge in [0.15, 0.2) is 0 Å². The molecule has 3 fully saturated rings. The maximum Gasteiger partial charge on any atom is 0.410 e. The molecular weight excluding hydrogens is 756 g/mol. The lowest BCUT2D eigenvalue weighted by atomic mass is 10.0. The number of nitrogens with zero attached hydrogens (tertiary/aromatic N) is 2. The van der Waals surface area contributed by atoms with Crippen molar-refractivity contribution in [2.45, 2.75) is 120 Å². The van der Waals surface area contributed by atoms with E-state index in [1.807, 2.05) is 0 Å². The van der Waals surface area contributed by atoms with Gasteiger partial charge in [0.2, 0.25) is 11.8 Å². The summed E-state index contributed by atoms with van der Waals surface area (Å²) in [5.74, 6) is -4.12. The number of alkyl carbamates (subject to hydrolysis) is 1. The van der Waals surface area contributed by atoms with Gasteiger partial charge in [-0.25, -0.2) is 18.7 Å². The van der Waals surface area contributed by atoms with Gasteiger partial charge in [0.05, 0.1) is 13.1 Å². The number of nitrogens with one attached hydrogen (secondary N) is 4. The zero-order valence-corrected chi connectivity index (χ0v) is 30.7. The van der Waals surface area contributed by atoms with Gasteiger partial charge < -0.3 is 25.0 Å². The standard InChI is InChI=1S/C35H44F4N6O9S/c36-26-13-8-9-21-17-44(19-25(21)26)33(50)54-24-15-28-29(46)42-34(31(48)43-55(51,52)40-20-35(37,38)39)16-22(34)10-4-2-1-3-5-14-27(30(47)45(28)18-24)41-32(49)53-23-11-6-7-12-23/h4,8-10,13,22-24,27-28,40H,1-3,5-7,11-12,14-20H2,(H,41,49)(H,42,46)(H,43,48)/b10-4-/t22-,24-,27+,28+,34-/m1/s1. The second kappa shape index (κ2) is 16.3. The molecule has 1 aromatic carbocycles. The molecule has 3 aliphatic heterocycles. The number of alkyl halides is 3. The smallest absolute Gasteiger partial charge is 0.410 e. The van der Waals surface area contributed by atoms with E-state index in [9.17, 15) is 50.0 Å².